The number of anilines is 1. The summed E-state index contributed by atoms with van der Waals surface area (Å²) in [6, 6.07) is 12.9. The summed E-state index contributed by atoms with van der Waals surface area (Å²) in [5.41, 5.74) is 0.778. The highest BCUT2D eigenvalue weighted by molar-refractivity contribution is 6.32. The van der Waals surface area contributed by atoms with E-state index in [1.54, 1.807) is 24.4 Å². The number of unbranched alkanes of at least 4 members (excludes halogenated alkanes) is 1. The molecule has 1 heterocycles. The minimum atomic E-state index is -0.649. The Bertz CT molecular complexity index is 1270. The smallest absolute Gasteiger partial charge is 0.297 e. The second kappa shape index (κ2) is 10.5. The van der Waals surface area contributed by atoms with Crippen molar-refractivity contribution in [3.8, 4) is 11.4 Å². The Morgan fingerprint density at radius 2 is 2.00 bits per heavy atom. The first-order chi connectivity index (χ1) is 16.8. The fraction of sp³-hybridized carbons (Fsp3) is 0.370. The van der Waals surface area contributed by atoms with Gasteiger partial charge in [0.1, 0.15) is 5.75 Å². The molecule has 1 aliphatic carbocycles. The number of amides is 1. The number of rotatable bonds is 10. The number of hydrogen-bond donors (Lipinski definition) is 2. The van der Waals surface area contributed by atoms with E-state index in [1.807, 2.05) is 38.1 Å². The van der Waals surface area contributed by atoms with Crippen molar-refractivity contribution in [2.24, 2.45) is 0 Å². The average molecular weight is 495 g/mol. The molecule has 0 bridgehead atoms. The molecule has 1 fully saturated rings. The van der Waals surface area contributed by atoms with Gasteiger partial charge in [0.25, 0.3) is 11.5 Å². The van der Waals surface area contributed by atoms with Crippen LogP contribution in [0, 0.1) is 0 Å². The molecule has 3 aromatic rings. The van der Waals surface area contributed by atoms with Crippen molar-refractivity contribution in [1.29, 1.82) is 0 Å². The molecule has 4 rings (SSSR count). The Kier molecular flexibility index (Phi) is 7.45. The molecule has 2 aromatic carbocycles. The minimum Gasteiger partial charge on any atom is -0.493 e. The number of nitrogens with one attached hydrogen (secondary N) is 2. The van der Waals surface area contributed by atoms with Gasteiger partial charge in [0.2, 0.25) is 0 Å². The van der Waals surface area contributed by atoms with Crippen LogP contribution in [-0.2, 0) is 5.54 Å². The van der Waals surface area contributed by atoms with Crippen molar-refractivity contribution in [3.63, 3.8) is 0 Å². The van der Waals surface area contributed by atoms with Crippen molar-refractivity contribution in [3.05, 3.63) is 81.4 Å². The summed E-state index contributed by atoms with van der Waals surface area (Å²) in [5, 5.41) is 6.61. The molecule has 0 aliphatic heterocycles. The molecule has 0 unspecified atom stereocenters. The standard InChI is InChI=1S/C27H31ClN4O3/c1-4-5-16-35-23-9-7-6-8-20(23)27(2,3)31-24-26(34)32(15-14-29-24)22-17-18(10-13-21(22)28)25(33)30-19-11-12-19/h6-10,13-15,17,19H,4-5,11-12,16H2,1-3H3,(H,29,31)(H,30,33). The molecule has 0 spiro atoms. The molecule has 0 saturated heterocycles. The van der Waals surface area contributed by atoms with E-state index >= 15 is 0 Å². The Balaban J connectivity index is 1.63. The zero-order chi connectivity index (χ0) is 25.0. The SMILES string of the molecule is CCCCOc1ccccc1C(C)(C)Nc1nccn(-c2cc(C(=O)NC3CC3)ccc2Cl)c1=O. The summed E-state index contributed by atoms with van der Waals surface area (Å²) in [7, 11) is 0. The first-order valence-corrected chi connectivity index (χ1v) is 12.4. The van der Waals surface area contributed by atoms with E-state index in [0.29, 0.717) is 22.9 Å². The van der Waals surface area contributed by atoms with Gasteiger partial charge in [0.15, 0.2) is 5.82 Å². The van der Waals surface area contributed by atoms with Crippen LogP contribution in [0.25, 0.3) is 5.69 Å². The molecular formula is C27H31ClN4O3. The molecular weight excluding hydrogens is 464 g/mol. The number of nitrogens with zero attached hydrogens (tertiary/aromatic N) is 2. The molecule has 1 amide bonds. The van der Waals surface area contributed by atoms with Gasteiger partial charge in [-0.05, 0) is 57.4 Å². The van der Waals surface area contributed by atoms with Crippen molar-refractivity contribution < 1.29 is 9.53 Å². The van der Waals surface area contributed by atoms with Crippen LogP contribution in [0.15, 0.2) is 59.7 Å². The maximum Gasteiger partial charge on any atom is 0.297 e. The Morgan fingerprint density at radius 1 is 1.23 bits per heavy atom. The molecule has 35 heavy (non-hydrogen) atoms. The Morgan fingerprint density at radius 3 is 2.74 bits per heavy atom. The highest BCUT2D eigenvalue weighted by atomic mass is 35.5. The van der Waals surface area contributed by atoms with E-state index in [9.17, 15) is 9.59 Å². The van der Waals surface area contributed by atoms with E-state index < -0.39 is 5.54 Å². The molecule has 184 valence electrons. The largest absolute Gasteiger partial charge is 0.493 e. The topological polar surface area (TPSA) is 85.2 Å². The third kappa shape index (κ3) is 5.85. The van der Waals surface area contributed by atoms with Crippen molar-refractivity contribution in [2.75, 3.05) is 11.9 Å². The van der Waals surface area contributed by atoms with Crippen LogP contribution in [0.2, 0.25) is 5.02 Å². The van der Waals surface area contributed by atoms with Crippen molar-refractivity contribution in [2.45, 2.75) is 58.0 Å². The second-order valence-electron chi connectivity index (χ2n) is 9.31. The summed E-state index contributed by atoms with van der Waals surface area (Å²) in [6.07, 6.45) is 7.08. The van der Waals surface area contributed by atoms with E-state index in [0.717, 1.165) is 37.0 Å². The number of carbonyl (C=O) groups excluding carboxylic acids is 1. The van der Waals surface area contributed by atoms with Gasteiger partial charge in [-0.1, -0.05) is 43.1 Å². The van der Waals surface area contributed by atoms with Crippen molar-refractivity contribution in [1.82, 2.24) is 14.9 Å². The Hall–Kier alpha value is -3.32. The van der Waals surface area contributed by atoms with E-state index in [4.69, 9.17) is 16.3 Å². The molecule has 1 aliphatic rings. The van der Waals surface area contributed by atoms with E-state index in [1.165, 1.54) is 10.8 Å². The summed E-state index contributed by atoms with van der Waals surface area (Å²) >= 11 is 6.44. The molecule has 1 saturated carbocycles. The lowest BCUT2D eigenvalue weighted by molar-refractivity contribution is 0.0951. The first kappa shape index (κ1) is 24.8. The summed E-state index contributed by atoms with van der Waals surface area (Å²) in [5.74, 6) is 0.767. The van der Waals surface area contributed by atoms with Gasteiger partial charge < -0.3 is 15.4 Å². The number of hydrogen-bond acceptors (Lipinski definition) is 5. The monoisotopic (exact) mass is 494 g/mol. The van der Waals surface area contributed by atoms with Gasteiger partial charge in [-0.25, -0.2) is 4.98 Å². The first-order valence-electron chi connectivity index (χ1n) is 12.0. The Labute approximate surface area is 210 Å². The number of para-hydroxylation sites is 1. The number of benzene rings is 2. The quantitative estimate of drug-likeness (QED) is 0.373. The van der Waals surface area contributed by atoms with Gasteiger partial charge >= 0.3 is 0 Å². The maximum absolute atomic E-state index is 13.4. The van der Waals surface area contributed by atoms with E-state index in [2.05, 4.69) is 22.5 Å². The van der Waals surface area contributed by atoms with Gasteiger partial charge in [-0.3, -0.25) is 14.2 Å². The van der Waals surface area contributed by atoms with Crippen LogP contribution in [0.5, 0.6) is 5.75 Å². The normalized spacial score (nSPS) is 13.4. The summed E-state index contributed by atoms with van der Waals surface area (Å²) in [4.78, 5) is 30.3. The van der Waals surface area contributed by atoms with Gasteiger partial charge in [-0.15, -0.1) is 0 Å². The van der Waals surface area contributed by atoms with Crippen LogP contribution in [-0.4, -0.2) is 28.1 Å². The molecule has 1 aromatic heterocycles. The van der Waals surface area contributed by atoms with Crippen LogP contribution < -0.4 is 20.9 Å². The average Bonchev–Trinajstić information content (AvgIpc) is 3.65. The van der Waals surface area contributed by atoms with Crippen LogP contribution in [0.1, 0.15) is 62.4 Å². The minimum absolute atomic E-state index is 0.171. The van der Waals surface area contributed by atoms with Crippen LogP contribution >= 0.6 is 11.6 Å². The van der Waals surface area contributed by atoms with Gasteiger partial charge in [0, 0.05) is 29.6 Å². The lowest BCUT2D eigenvalue weighted by atomic mass is 9.93. The molecule has 0 radical (unpaired) electrons. The highest BCUT2D eigenvalue weighted by Gasteiger charge is 2.27. The number of carbonyl (C=O) groups is 1. The highest BCUT2D eigenvalue weighted by Crippen LogP contribution is 2.32. The number of aromatic nitrogens is 2. The number of ether oxygens (including phenoxy) is 1. The molecule has 0 atom stereocenters. The third-order valence-corrected chi connectivity index (χ3v) is 6.29. The fourth-order valence-electron chi connectivity index (χ4n) is 3.82. The predicted octanol–water partition coefficient (Wildman–Crippen LogP) is 5.30. The molecule has 8 heteroatoms. The van der Waals surface area contributed by atoms with Crippen LogP contribution in [0.4, 0.5) is 5.82 Å². The lowest BCUT2D eigenvalue weighted by Gasteiger charge is -2.29. The predicted molar refractivity (Wildman–Crippen MR) is 139 cm³/mol. The van der Waals surface area contributed by atoms with Crippen molar-refractivity contribution >= 4 is 23.3 Å². The second-order valence-corrected chi connectivity index (χ2v) is 9.72. The maximum atomic E-state index is 13.4. The lowest BCUT2D eigenvalue weighted by Crippen LogP contribution is -2.34. The number of halogens is 1. The molecule has 2 N–H and O–H groups in total. The van der Waals surface area contributed by atoms with Crippen LogP contribution in [0.3, 0.4) is 0 Å². The van der Waals surface area contributed by atoms with Gasteiger partial charge in [0.05, 0.1) is 22.9 Å². The summed E-state index contributed by atoms with van der Waals surface area (Å²) < 4.78 is 7.42. The third-order valence-electron chi connectivity index (χ3n) is 5.97. The van der Waals surface area contributed by atoms with Gasteiger partial charge in [-0.2, -0.15) is 0 Å². The fourth-order valence-corrected chi connectivity index (χ4v) is 4.03. The molecule has 7 nitrogen and oxygen atoms in total. The summed E-state index contributed by atoms with van der Waals surface area (Å²) in [6.45, 7) is 6.70. The zero-order valence-electron chi connectivity index (χ0n) is 20.3. The zero-order valence-corrected chi connectivity index (χ0v) is 21.1. The van der Waals surface area contributed by atoms with E-state index in [-0.39, 0.29) is 23.3 Å².